The summed E-state index contributed by atoms with van der Waals surface area (Å²) in [5.41, 5.74) is 8.91. The number of nitrogen functional groups attached to an aromatic ring is 1. The van der Waals surface area contributed by atoms with Crippen LogP contribution in [0.2, 0.25) is 0 Å². The molecule has 0 saturated carbocycles. The minimum absolute atomic E-state index is 0.562. The fraction of sp³-hybridized carbons (Fsp3) is 0.188. The highest BCUT2D eigenvalue weighted by atomic mass is 32.1. The van der Waals surface area contributed by atoms with Gasteiger partial charge in [0.05, 0.1) is 23.4 Å². The lowest BCUT2D eigenvalue weighted by atomic mass is 10.1. The Bertz CT molecular complexity index is 675. The van der Waals surface area contributed by atoms with E-state index in [0.29, 0.717) is 13.2 Å². The summed E-state index contributed by atoms with van der Waals surface area (Å²) in [5, 5.41) is 1.02. The summed E-state index contributed by atoms with van der Waals surface area (Å²) in [6.07, 6.45) is 0.831. The van der Waals surface area contributed by atoms with Gasteiger partial charge < -0.3 is 10.5 Å². The lowest BCUT2D eigenvalue weighted by Gasteiger charge is -2.05. The molecule has 0 atom stereocenters. The molecule has 1 aromatic heterocycles. The Morgan fingerprint density at radius 3 is 2.70 bits per heavy atom. The Morgan fingerprint density at radius 1 is 1.05 bits per heavy atom. The second-order valence-electron chi connectivity index (χ2n) is 4.58. The molecular weight excluding hydrogens is 268 g/mol. The number of hydrogen-bond donors (Lipinski definition) is 1. The van der Waals surface area contributed by atoms with Gasteiger partial charge in [0.25, 0.3) is 0 Å². The van der Waals surface area contributed by atoms with Crippen LogP contribution in [-0.2, 0) is 17.8 Å². The zero-order valence-corrected chi connectivity index (χ0v) is 11.9. The first-order chi connectivity index (χ1) is 9.83. The number of thiazole rings is 1. The number of benzene rings is 2. The van der Waals surface area contributed by atoms with Crippen LogP contribution in [0.15, 0.2) is 48.5 Å². The van der Waals surface area contributed by atoms with Crippen molar-refractivity contribution in [3.63, 3.8) is 0 Å². The second-order valence-corrected chi connectivity index (χ2v) is 5.69. The van der Waals surface area contributed by atoms with E-state index in [1.165, 1.54) is 4.70 Å². The van der Waals surface area contributed by atoms with Crippen molar-refractivity contribution < 1.29 is 4.74 Å². The van der Waals surface area contributed by atoms with Crippen molar-refractivity contribution in [3.8, 4) is 0 Å². The van der Waals surface area contributed by atoms with Crippen molar-refractivity contribution in [2.45, 2.75) is 13.0 Å². The summed E-state index contributed by atoms with van der Waals surface area (Å²) in [5.74, 6) is 0. The van der Waals surface area contributed by atoms with Crippen molar-refractivity contribution in [2.75, 3.05) is 12.3 Å². The Kier molecular flexibility index (Phi) is 3.95. The maximum Gasteiger partial charge on any atom is 0.120 e. The van der Waals surface area contributed by atoms with Gasteiger partial charge >= 0.3 is 0 Å². The van der Waals surface area contributed by atoms with Gasteiger partial charge in [-0.3, -0.25) is 0 Å². The molecule has 102 valence electrons. The molecule has 0 bridgehead atoms. The topological polar surface area (TPSA) is 48.1 Å². The quantitative estimate of drug-likeness (QED) is 0.575. The zero-order valence-electron chi connectivity index (χ0n) is 11.1. The standard InChI is InChI=1S/C16H16N2OS/c17-13-6-2-1-5-12(13)9-10-19-11-16-18-14-7-3-4-8-15(14)20-16/h1-8H,9-11,17H2. The Balaban J connectivity index is 1.54. The van der Waals surface area contributed by atoms with E-state index in [1.54, 1.807) is 11.3 Å². The molecule has 1 heterocycles. The molecule has 0 fully saturated rings. The molecule has 3 nitrogen and oxygen atoms in total. The van der Waals surface area contributed by atoms with Gasteiger partial charge in [-0.2, -0.15) is 0 Å². The highest BCUT2D eigenvalue weighted by Gasteiger charge is 2.03. The summed E-state index contributed by atoms with van der Waals surface area (Å²) >= 11 is 1.69. The Hall–Kier alpha value is -1.91. The summed E-state index contributed by atoms with van der Waals surface area (Å²) in [7, 11) is 0. The first kappa shape index (κ1) is 13.1. The molecule has 2 N–H and O–H groups in total. The molecular formula is C16H16N2OS. The first-order valence-electron chi connectivity index (χ1n) is 6.58. The predicted molar refractivity (Wildman–Crippen MR) is 83.8 cm³/mol. The van der Waals surface area contributed by atoms with Crippen LogP contribution in [0.25, 0.3) is 10.2 Å². The molecule has 0 aliphatic carbocycles. The third-order valence-corrected chi connectivity index (χ3v) is 4.14. The molecule has 4 heteroatoms. The molecule has 0 spiro atoms. The number of ether oxygens (including phenoxy) is 1. The van der Waals surface area contributed by atoms with Crippen molar-refractivity contribution in [2.24, 2.45) is 0 Å². The normalized spacial score (nSPS) is 11.0. The predicted octanol–water partition coefficient (Wildman–Crippen LogP) is 3.64. The molecule has 0 amide bonds. The lowest BCUT2D eigenvalue weighted by Crippen LogP contribution is -2.01. The van der Waals surface area contributed by atoms with Gasteiger partial charge in [-0.25, -0.2) is 4.98 Å². The van der Waals surface area contributed by atoms with E-state index in [-0.39, 0.29) is 0 Å². The molecule has 2 aromatic carbocycles. The fourth-order valence-corrected chi connectivity index (χ4v) is 2.99. The van der Waals surface area contributed by atoms with Gasteiger partial charge in [-0.05, 0) is 30.2 Å². The van der Waals surface area contributed by atoms with Gasteiger partial charge in [0.2, 0.25) is 0 Å². The molecule has 0 radical (unpaired) electrons. The van der Waals surface area contributed by atoms with Crippen molar-refractivity contribution in [1.29, 1.82) is 0 Å². The van der Waals surface area contributed by atoms with Crippen LogP contribution >= 0.6 is 11.3 Å². The maximum absolute atomic E-state index is 5.90. The largest absolute Gasteiger partial charge is 0.399 e. The fourth-order valence-electron chi connectivity index (χ4n) is 2.09. The monoisotopic (exact) mass is 284 g/mol. The third kappa shape index (κ3) is 2.98. The van der Waals surface area contributed by atoms with Crippen molar-refractivity contribution in [3.05, 3.63) is 59.1 Å². The summed E-state index contributed by atoms with van der Waals surface area (Å²) in [4.78, 5) is 4.54. The SMILES string of the molecule is Nc1ccccc1CCOCc1nc2ccccc2s1. The van der Waals surface area contributed by atoms with Crippen LogP contribution in [-0.4, -0.2) is 11.6 Å². The molecule has 0 saturated heterocycles. The smallest absolute Gasteiger partial charge is 0.120 e. The number of hydrogen-bond acceptors (Lipinski definition) is 4. The minimum Gasteiger partial charge on any atom is -0.399 e. The van der Waals surface area contributed by atoms with Gasteiger partial charge in [-0.15, -0.1) is 11.3 Å². The summed E-state index contributed by atoms with van der Waals surface area (Å²) in [6, 6.07) is 16.1. The number of rotatable bonds is 5. The van der Waals surface area contributed by atoms with Crippen LogP contribution < -0.4 is 5.73 Å². The zero-order chi connectivity index (χ0) is 13.8. The molecule has 0 aliphatic rings. The van der Waals surface area contributed by atoms with E-state index in [4.69, 9.17) is 10.5 Å². The second kappa shape index (κ2) is 6.03. The molecule has 0 aliphatic heterocycles. The van der Waals surface area contributed by atoms with Gasteiger partial charge in [-0.1, -0.05) is 30.3 Å². The van der Waals surface area contributed by atoms with Gasteiger partial charge in [0.1, 0.15) is 5.01 Å². The minimum atomic E-state index is 0.562. The third-order valence-electron chi connectivity index (χ3n) is 3.13. The van der Waals surface area contributed by atoms with E-state index in [2.05, 4.69) is 11.1 Å². The van der Waals surface area contributed by atoms with E-state index in [9.17, 15) is 0 Å². The number of para-hydroxylation sites is 2. The molecule has 3 rings (SSSR count). The average Bonchev–Trinajstić information content (AvgIpc) is 2.88. The highest BCUT2D eigenvalue weighted by molar-refractivity contribution is 7.18. The van der Waals surface area contributed by atoms with E-state index >= 15 is 0 Å². The lowest BCUT2D eigenvalue weighted by molar-refractivity contribution is 0.124. The highest BCUT2D eigenvalue weighted by Crippen LogP contribution is 2.22. The number of aromatic nitrogens is 1. The van der Waals surface area contributed by atoms with Crippen LogP contribution in [0.5, 0.6) is 0 Å². The van der Waals surface area contributed by atoms with Crippen LogP contribution in [0.3, 0.4) is 0 Å². The van der Waals surface area contributed by atoms with Crippen LogP contribution in [0.1, 0.15) is 10.6 Å². The number of fused-ring (bicyclic) bond motifs is 1. The Labute approximate surface area is 122 Å². The molecule has 20 heavy (non-hydrogen) atoms. The van der Waals surface area contributed by atoms with Crippen molar-refractivity contribution in [1.82, 2.24) is 4.98 Å². The molecule has 3 aromatic rings. The van der Waals surface area contributed by atoms with Gasteiger partial charge in [0.15, 0.2) is 0 Å². The summed E-state index contributed by atoms with van der Waals surface area (Å²) < 4.78 is 6.91. The van der Waals surface area contributed by atoms with Crippen LogP contribution in [0.4, 0.5) is 5.69 Å². The number of nitrogens with zero attached hydrogens (tertiary/aromatic N) is 1. The van der Waals surface area contributed by atoms with E-state index < -0.39 is 0 Å². The van der Waals surface area contributed by atoms with Crippen LogP contribution in [0, 0.1) is 0 Å². The van der Waals surface area contributed by atoms with E-state index in [0.717, 1.165) is 28.2 Å². The summed E-state index contributed by atoms with van der Waals surface area (Å²) in [6.45, 7) is 1.22. The Morgan fingerprint density at radius 2 is 1.85 bits per heavy atom. The first-order valence-corrected chi connectivity index (χ1v) is 7.40. The number of anilines is 1. The van der Waals surface area contributed by atoms with Crippen molar-refractivity contribution >= 4 is 27.2 Å². The van der Waals surface area contributed by atoms with Gasteiger partial charge in [0, 0.05) is 5.69 Å². The molecule has 0 unspecified atom stereocenters. The van der Waals surface area contributed by atoms with E-state index in [1.807, 2.05) is 42.5 Å². The average molecular weight is 284 g/mol. The maximum atomic E-state index is 5.90. The number of nitrogens with two attached hydrogens (primary N) is 1.